The fourth-order valence-electron chi connectivity index (χ4n) is 2.11. The van der Waals surface area contributed by atoms with Crippen molar-refractivity contribution in [2.45, 2.75) is 19.4 Å². The Bertz CT molecular complexity index is 486. The van der Waals surface area contributed by atoms with Crippen LogP contribution in [0, 0.1) is 6.92 Å². The molecule has 1 aliphatic rings. The number of aryl methyl sites for hydroxylation is 1. The van der Waals surface area contributed by atoms with Crippen LogP contribution in [-0.4, -0.2) is 44.2 Å². The molecule has 1 aromatic carbocycles. The van der Waals surface area contributed by atoms with Crippen molar-refractivity contribution in [2.24, 2.45) is 5.73 Å². The van der Waals surface area contributed by atoms with Crippen LogP contribution in [0.2, 0.25) is 0 Å². The Labute approximate surface area is 113 Å². The van der Waals surface area contributed by atoms with Gasteiger partial charge in [-0.1, -0.05) is 0 Å². The highest BCUT2D eigenvalue weighted by Gasteiger charge is 2.19. The number of fused-ring (bicyclic) bond motifs is 1. The first kappa shape index (κ1) is 13.7. The first-order chi connectivity index (χ1) is 8.99. The van der Waals surface area contributed by atoms with Gasteiger partial charge in [-0.15, -0.1) is 0 Å². The second kappa shape index (κ2) is 5.48. The van der Waals surface area contributed by atoms with Gasteiger partial charge in [0.25, 0.3) is 0 Å². The van der Waals surface area contributed by atoms with Crippen LogP contribution in [0.25, 0.3) is 0 Å². The molecule has 1 aliphatic heterocycles. The molecule has 0 radical (unpaired) electrons. The number of nitrogens with zero attached hydrogens (tertiary/aromatic N) is 1. The lowest BCUT2D eigenvalue weighted by Gasteiger charge is -2.22. The van der Waals surface area contributed by atoms with E-state index in [0.29, 0.717) is 19.6 Å². The number of benzene rings is 1. The van der Waals surface area contributed by atoms with Crippen LogP contribution in [0.1, 0.15) is 11.1 Å². The second-order valence-electron chi connectivity index (χ2n) is 4.97. The third kappa shape index (κ3) is 2.98. The quantitative estimate of drug-likeness (QED) is 0.874. The molecule has 1 aromatic rings. The van der Waals surface area contributed by atoms with Crippen molar-refractivity contribution in [3.8, 4) is 11.5 Å². The molecule has 104 valence electrons. The van der Waals surface area contributed by atoms with Gasteiger partial charge in [-0.2, -0.15) is 0 Å². The van der Waals surface area contributed by atoms with E-state index in [2.05, 4.69) is 0 Å². The molecule has 1 amide bonds. The molecule has 0 aromatic heterocycles. The summed E-state index contributed by atoms with van der Waals surface area (Å²) in [4.78, 5) is 13.3. The summed E-state index contributed by atoms with van der Waals surface area (Å²) in [6.07, 6.45) is 0.499. The van der Waals surface area contributed by atoms with Gasteiger partial charge in [0.1, 0.15) is 13.2 Å². The van der Waals surface area contributed by atoms with Crippen molar-refractivity contribution in [3.05, 3.63) is 23.3 Å². The lowest BCUT2D eigenvalue weighted by molar-refractivity contribution is -0.130. The minimum atomic E-state index is -0.531. The molecule has 2 rings (SSSR count). The highest BCUT2D eigenvalue weighted by atomic mass is 16.6. The number of amides is 1. The van der Waals surface area contributed by atoms with Crippen molar-refractivity contribution >= 4 is 5.91 Å². The molecular formula is C14H20N2O3. The van der Waals surface area contributed by atoms with Crippen molar-refractivity contribution in [1.82, 2.24) is 4.90 Å². The van der Waals surface area contributed by atoms with E-state index in [9.17, 15) is 4.79 Å². The average Bonchev–Trinajstić information content (AvgIpc) is 2.38. The molecule has 1 unspecified atom stereocenters. The number of hydrogen-bond acceptors (Lipinski definition) is 4. The zero-order chi connectivity index (χ0) is 14.0. The van der Waals surface area contributed by atoms with Crippen LogP contribution >= 0.6 is 0 Å². The van der Waals surface area contributed by atoms with Crippen molar-refractivity contribution < 1.29 is 14.3 Å². The van der Waals surface area contributed by atoms with E-state index in [4.69, 9.17) is 15.2 Å². The molecule has 1 atom stereocenters. The third-order valence-corrected chi connectivity index (χ3v) is 3.20. The van der Waals surface area contributed by atoms with Gasteiger partial charge in [-0.3, -0.25) is 4.79 Å². The Balaban J connectivity index is 2.18. The van der Waals surface area contributed by atoms with Crippen LogP contribution in [0.15, 0.2) is 12.1 Å². The van der Waals surface area contributed by atoms with Gasteiger partial charge in [0, 0.05) is 14.1 Å². The maximum absolute atomic E-state index is 11.8. The number of hydrogen-bond donors (Lipinski definition) is 1. The molecule has 1 heterocycles. The van der Waals surface area contributed by atoms with Gasteiger partial charge in [0.05, 0.1) is 6.04 Å². The Morgan fingerprint density at radius 3 is 2.47 bits per heavy atom. The summed E-state index contributed by atoms with van der Waals surface area (Å²) in [6.45, 7) is 3.11. The number of ether oxygens (including phenoxy) is 2. The third-order valence-electron chi connectivity index (χ3n) is 3.20. The minimum Gasteiger partial charge on any atom is -0.486 e. The van der Waals surface area contributed by atoms with Crippen LogP contribution in [0.5, 0.6) is 11.5 Å². The fourth-order valence-corrected chi connectivity index (χ4v) is 2.11. The lowest BCUT2D eigenvalue weighted by atomic mass is 10.00. The fraction of sp³-hybridized carbons (Fsp3) is 0.500. The van der Waals surface area contributed by atoms with Crippen LogP contribution < -0.4 is 15.2 Å². The van der Waals surface area contributed by atoms with Gasteiger partial charge < -0.3 is 20.1 Å². The predicted octanol–water partition coefficient (Wildman–Crippen LogP) is 0.724. The Morgan fingerprint density at radius 1 is 1.32 bits per heavy atom. The van der Waals surface area contributed by atoms with Gasteiger partial charge in [-0.05, 0) is 36.6 Å². The van der Waals surface area contributed by atoms with E-state index >= 15 is 0 Å². The molecule has 0 fully saturated rings. The monoisotopic (exact) mass is 264 g/mol. The normalized spacial score (nSPS) is 14.9. The van der Waals surface area contributed by atoms with Gasteiger partial charge in [-0.25, -0.2) is 0 Å². The minimum absolute atomic E-state index is 0.0747. The molecule has 5 nitrogen and oxygen atoms in total. The maximum atomic E-state index is 11.8. The summed E-state index contributed by atoms with van der Waals surface area (Å²) in [7, 11) is 3.41. The van der Waals surface area contributed by atoms with Crippen molar-refractivity contribution in [2.75, 3.05) is 27.3 Å². The number of nitrogens with two attached hydrogens (primary N) is 1. The lowest BCUT2D eigenvalue weighted by Crippen LogP contribution is -2.41. The van der Waals surface area contributed by atoms with E-state index in [-0.39, 0.29) is 5.91 Å². The molecule has 0 spiro atoms. The van der Waals surface area contributed by atoms with Crippen LogP contribution in [0.3, 0.4) is 0 Å². The smallest absolute Gasteiger partial charge is 0.239 e. The summed E-state index contributed by atoms with van der Waals surface area (Å²) in [6, 6.07) is 3.33. The molecule has 0 bridgehead atoms. The highest BCUT2D eigenvalue weighted by molar-refractivity contribution is 5.81. The number of carbonyl (C=O) groups is 1. The molecule has 0 aliphatic carbocycles. The summed E-state index contributed by atoms with van der Waals surface area (Å²) in [5.74, 6) is 1.42. The molecule has 5 heteroatoms. The van der Waals surface area contributed by atoms with E-state index in [1.54, 1.807) is 14.1 Å². The molecule has 0 saturated carbocycles. The topological polar surface area (TPSA) is 64.8 Å². The van der Waals surface area contributed by atoms with Gasteiger partial charge in [0.15, 0.2) is 11.5 Å². The zero-order valence-electron chi connectivity index (χ0n) is 11.6. The largest absolute Gasteiger partial charge is 0.486 e. The predicted molar refractivity (Wildman–Crippen MR) is 72.5 cm³/mol. The number of likely N-dealkylation sites (N-methyl/N-ethyl adjacent to an activating group) is 1. The molecule has 19 heavy (non-hydrogen) atoms. The van der Waals surface area contributed by atoms with Gasteiger partial charge >= 0.3 is 0 Å². The van der Waals surface area contributed by atoms with Crippen LogP contribution in [-0.2, 0) is 11.2 Å². The molecule has 0 saturated heterocycles. The zero-order valence-corrected chi connectivity index (χ0v) is 11.6. The number of rotatable bonds is 3. The van der Waals surface area contributed by atoms with E-state index in [0.717, 1.165) is 22.6 Å². The van der Waals surface area contributed by atoms with E-state index in [1.165, 1.54) is 4.90 Å². The second-order valence-corrected chi connectivity index (χ2v) is 4.97. The summed E-state index contributed by atoms with van der Waals surface area (Å²) < 4.78 is 11.1. The Morgan fingerprint density at radius 2 is 1.89 bits per heavy atom. The summed E-state index contributed by atoms with van der Waals surface area (Å²) in [5.41, 5.74) is 8.01. The summed E-state index contributed by atoms with van der Waals surface area (Å²) >= 11 is 0. The first-order valence-corrected chi connectivity index (χ1v) is 6.35. The molecule has 2 N–H and O–H groups in total. The van der Waals surface area contributed by atoms with E-state index < -0.39 is 6.04 Å². The number of carbonyl (C=O) groups excluding carboxylic acids is 1. The average molecular weight is 264 g/mol. The SMILES string of the molecule is Cc1cc2c(cc1CC(N)C(=O)N(C)C)OCCO2. The van der Waals surface area contributed by atoms with Crippen molar-refractivity contribution in [1.29, 1.82) is 0 Å². The van der Waals surface area contributed by atoms with Crippen molar-refractivity contribution in [3.63, 3.8) is 0 Å². The van der Waals surface area contributed by atoms with E-state index in [1.807, 2.05) is 19.1 Å². The molecular weight excluding hydrogens is 244 g/mol. The first-order valence-electron chi connectivity index (χ1n) is 6.35. The Hall–Kier alpha value is -1.75. The van der Waals surface area contributed by atoms with Crippen LogP contribution in [0.4, 0.5) is 0 Å². The Kier molecular flexibility index (Phi) is 3.95. The van der Waals surface area contributed by atoms with Gasteiger partial charge in [0.2, 0.25) is 5.91 Å². The maximum Gasteiger partial charge on any atom is 0.239 e. The highest BCUT2D eigenvalue weighted by Crippen LogP contribution is 2.33. The standard InChI is InChI=1S/C14H20N2O3/c1-9-6-12-13(19-5-4-18-12)8-10(9)7-11(15)14(17)16(2)3/h6,8,11H,4-5,7,15H2,1-3H3. The summed E-state index contributed by atoms with van der Waals surface area (Å²) in [5, 5.41) is 0.